The summed E-state index contributed by atoms with van der Waals surface area (Å²) in [6.07, 6.45) is 0.401. The highest BCUT2D eigenvalue weighted by Gasteiger charge is 2.41. The van der Waals surface area contributed by atoms with Crippen molar-refractivity contribution in [3.63, 3.8) is 0 Å². The zero-order valence-corrected chi connectivity index (χ0v) is 13.7. The molecular weight excluding hydrogens is 322 g/mol. The van der Waals surface area contributed by atoms with E-state index in [1.807, 2.05) is 4.90 Å². The molecule has 124 valence electrons. The highest BCUT2D eigenvalue weighted by Crippen LogP contribution is 2.31. The molecular formula is C14H18ClN5O3. The van der Waals surface area contributed by atoms with Crippen molar-refractivity contribution in [3.8, 4) is 11.4 Å². The molecule has 0 unspecified atom stereocenters. The number of likely N-dealkylation sites (tertiary alicyclic amines) is 1. The molecule has 0 bridgehead atoms. The number of rotatable bonds is 4. The molecule has 2 aromatic rings. The fourth-order valence-corrected chi connectivity index (χ4v) is 3.01. The number of carboxylic acid groups (broad SMARTS) is 1. The number of aromatic nitrogens is 3. The molecule has 2 aromatic heterocycles. The highest BCUT2D eigenvalue weighted by atomic mass is 35.5. The normalized spacial score (nSPS) is 21.9. The van der Waals surface area contributed by atoms with Gasteiger partial charge in [-0.15, -0.1) is 0 Å². The van der Waals surface area contributed by atoms with Crippen molar-refractivity contribution in [1.29, 1.82) is 0 Å². The molecule has 1 aliphatic heterocycles. The molecule has 0 aromatic carbocycles. The summed E-state index contributed by atoms with van der Waals surface area (Å²) in [6, 6.07) is 1.79. The summed E-state index contributed by atoms with van der Waals surface area (Å²) < 4.78 is 6.67. The number of carboxylic acids is 1. The number of nitrogens with two attached hydrogens (primary N) is 1. The summed E-state index contributed by atoms with van der Waals surface area (Å²) in [5.41, 5.74) is 6.75. The second kappa shape index (κ2) is 5.63. The first-order chi connectivity index (χ1) is 10.8. The molecule has 23 heavy (non-hydrogen) atoms. The van der Waals surface area contributed by atoms with Gasteiger partial charge in [-0.3, -0.25) is 14.4 Å². The van der Waals surface area contributed by atoms with Crippen molar-refractivity contribution in [2.45, 2.75) is 25.4 Å². The summed E-state index contributed by atoms with van der Waals surface area (Å²) in [7, 11) is 1.75. The molecule has 0 aliphatic carbocycles. The van der Waals surface area contributed by atoms with Crippen LogP contribution < -0.4 is 5.73 Å². The molecule has 3 N–H and O–H groups in total. The zero-order chi connectivity index (χ0) is 16.8. The zero-order valence-electron chi connectivity index (χ0n) is 12.9. The number of aliphatic carboxylic acids is 1. The van der Waals surface area contributed by atoms with Crippen LogP contribution in [0.15, 0.2) is 10.6 Å². The van der Waals surface area contributed by atoms with Gasteiger partial charge in [-0.05, 0) is 13.3 Å². The maximum atomic E-state index is 11.3. The second-order valence-electron chi connectivity index (χ2n) is 5.99. The van der Waals surface area contributed by atoms with E-state index in [0.717, 1.165) is 5.56 Å². The Hall–Kier alpha value is -1.90. The summed E-state index contributed by atoms with van der Waals surface area (Å²) in [4.78, 5) is 13.2. The maximum absolute atomic E-state index is 11.3. The lowest BCUT2D eigenvalue weighted by Crippen LogP contribution is -2.50. The molecule has 0 amide bonds. The fourth-order valence-electron chi connectivity index (χ4n) is 2.82. The first-order valence-electron chi connectivity index (χ1n) is 7.20. The Morgan fingerprint density at radius 1 is 1.61 bits per heavy atom. The molecule has 1 saturated heterocycles. The van der Waals surface area contributed by atoms with Gasteiger partial charge in [0.05, 0.1) is 0 Å². The quantitative estimate of drug-likeness (QED) is 0.855. The average molecular weight is 340 g/mol. The average Bonchev–Trinajstić information content (AvgIpc) is 3.15. The molecule has 1 fully saturated rings. The number of hydrogen-bond acceptors (Lipinski definition) is 6. The number of nitrogens with zero attached hydrogens (tertiary/aromatic N) is 4. The lowest BCUT2D eigenvalue weighted by Gasteiger charge is -2.20. The van der Waals surface area contributed by atoms with E-state index in [4.69, 9.17) is 21.9 Å². The van der Waals surface area contributed by atoms with E-state index < -0.39 is 11.5 Å². The number of halogens is 1. The van der Waals surface area contributed by atoms with Gasteiger partial charge >= 0.3 is 5.97 Å². The SMILES string of the molecule is Cc1cc(-c2nn(C)c(Cl)c2CN2CC[C@@](N)(C(=O)O)C2)no1. The Morgan fingerprint density at radius 3 is 2.91 bits per heavy atom. The lowest BCUT2D eigenvalue weighted by atomic mass is 10.0. The van der Waals surface area contributed by atoms with E-state index in [2.05, 4.69) is 10.3 Å². The Bertz CT molecular complexity index is 756. The molecule has 0 spiro atoms. The topological polar surface area (TPSA) is 110 Å². The van der Waals surface area contributed by atoms with Crippen LogP contribution in [0, 0.1) is 6.92 Å². The summed E-state index contributed by atoms with van der Waals surface area (Å²) >= 11 is 6.35. The minimum absolute atomic E-state index is 0.269. The van der Waals surface area contributed by atoms with Gasteiger partial charge in [0.15, 0.2) is 0 Å². The van der Waals surface area contributed by atoms with Crippen LogP contribution in [-0.2, 0) is 18.4 Å². The molecule has 3 rings (SSSR count). The number of carbonyl (C=O) groups is 1. The highest BCUT2D eigenvalue weighted by molar-refractivity contribution is 6.30. The van der Waals surface area contributed by atoms with Gasteiger partial charge in [-0.25, -0.2) is 0 Å². The molecule has 8 nitrogen and oxygen atoms in total. The van der Waals surface area contributed by atoms with E-state index in [-0.39, 0.29) is 6.54 Å². The standard InChI is InChI=1S/C14H18ClN5O3/c1-8-5-10(18-23-8)11-9(12(15)19(2)17-11)6-20-4-3-14(16,7-20)13(21)22/h5H,3-4,6-7,16H2,1-2H3,(H,21,22)/t14-/m0/s1. The number of aryl methyl sites for hydroxylation is 2. The third-order valence-corrected chi connectivity index (χ3v) is 4.60. The van der Waals surface area contributed by atoms with Gasteiger partial charge in [-0.2, -0.15) is 5.10 Å². The van der Waals surface area contributed by atoms with E-state index >= 15 is 0 Å². The van der Waals surface area contributed by atoms with Crippen molar-refractivity contribution in [2.24, 2.45) is 12.8 Å². The molecule has 0 saturated carbocycles. The Balaban J connectivity index is 1.88. The monoisotopic (exact) mass is 339 g/mol. The van der Waals surface area contributed by atoms with E-state index in [1.54, 1.807) is 24.7 Å². The van der Waals surface area contributed by atoms with Gasteiger partial charge in [0, 0.05) is 38.3 Å². The lowest BCUT2D eigenvalue weighted by molar-refractivity contribution is -0.142. The third-order valence-electron chi connectivity index (χ3n) is 4.13. The van der Waals surface area contributed by atoms with E-state index in [0.29, 0.717) is 41.8 Å². The minimum Gasteiger partial charge on any atom is -0.480 e. The van der Waals surface area contributed by atoms with Crippen LogP contribution in [-0.4, -0.2) is 49.5 Å². The van der Waals surface area contributed by atoms with Crippen molar-refractivity contribution in [2.75, 3.05) is 13.1 Å². The van der Waals surface area contributed by atoms with Gasteiger partial charge in [0.1, 0.15) is 27.8 Å². The Labute approximate surface area is 137 Å². The van der Waals surface area contributed by atoms with Crippen molar-refractivity contribution in [1.82, 2.24) is 19.8 Å². The first kappa shape index (κ1) is 16.0. The van der Waals surface area contributed by atoms with Crippen LogP contribution >= 0.6 is 11.6 Å². The van der Waals surface area contributed by atoms with Crippen LogP contribution in [0.4, 0.5) is 0 Å². The van der Waals surface area contributed by atoms with Crippen LogP contribution in [0.3, 0.4) is 0 Å². The summed E-state index contributed by atoms with van der Waals surface area (Å²) in [5.74, 6) is -0.301. The van der Waals surface area contributed by atoms with E-state index in [9.17, 15) is 9.90 Å². The Kier molecular flexibility index (Phi) is 3.91. The van der Waals surface area contributed by atoms with Crippen LogP contribution in [0.1, 0.15) is 17.7 Å². The second-order valence-corrected chi connectivity index (χ2v) is 6.34. The first-order valence-corrected chi connectivity index (χ1v) is 7.57. The van der Waals surface area contributed by atoms with Gasteiger partial charge in [0.25, 0.3) is 0 Å². The fraction of sp³-hybridized carbons (Fsp3) is 0.500. The largest absolute Gasteiger partial charge is 0.480 e. The third kappa shape index (κ3) is 2.85. The predicted octanol–water partition coefficient (Wildman–Crippen LogP) is 1.02. The van der Waals surface area contributed by atoms with Crippen molar-refractivity contribution in [3.05, 3.63) is 22.5 Å². The number of hydrogen-bond donors (Lipinski definition) is 2. The molecule has 3 heterocycles. The molecule has 9 heteroatoms. The molecule has 0 radical (unpaired) electrons. The van der Waals surface area contributed by atoms with Crippen LogP contribution in [0.25, 0.3) is 11.4 Å². The van der Waals surface area contributed by atoms with Crippen molar-refractivity contribution >= 4 is 17.6 Å². The van der Waals surface area contributed by atoms with Gasteiger partial charge in [-0.1, -0.05) is 16.8 Å². The van der Waals surface area contributed by atoms with Gasteiger partial charge < -0.3 is 15.4 Å². The molecule has 1 aliphatic rings. The van der Waals surface area contributed by atoms with Crippen molar-refractivity contribution < 1.29 is 14.4 Å². The van der Waals surface area contributed by atoms with Crippen LogP contribution in [0.2, 0.25) is 5.15 Å². The predicted molar refractivity (Wildman–Crippen MR) is 82.9 cm³/mol. The summed E-state index contributed by atoms with van der Waals surface area (Å²) in [6.45, 7) is 3.12. The Morgan fingerprint density at radius 2 is 2.35 bits per heavy atom. The minimum atomic E-state index is -1.21. The van der Waals surface area contributed by atoms with Gasteiger partial charge in [0.2, 0.25) is 0 Å². The van der Waals surface area contributed by atoms with Crippen LogP contribution in [0.5, 0.6) is 0 Å². The smallest absolute Gasteiger partial charge is 0.325 e. The summed E-state index contributed by atoms with van der Waals surface area (Å²) in [5, 5.41) is 18.1. The molecule has 1 atom stereocenters. The maximum Gasteiger partial charge on any atom is 0.325 e. The van der Waals surface area contributed by atoms with E-state index in [1.165, 1.54) is 0 Å².